The summed E-state index contributed by atoms with van der Waals surface area (Å²) in [5.74, 6) is -0.326. The zero-order valence-electron chi connectivity index (χ0n) is 18.4. The van der Waals surface area contributed by atoms with Gasteiger partial charge in [-0.25, -0.2) is 17.9 Å². The molecule has 1 aliphatic heterocycles. The first-order chi connectivity index (χ1) is 16.4. The largest absolute Gasteiger partial charge is 0.461 e. The molecule has 0 unspecified atom stereocenters. The van der Waals surface area contributed by atoms with Crippen molar-refractivity contribution >= 4 is 15.8 Å². The highest BCUT2D eigenvalue weighted by Gasteiger charge is 2.36. The topological polar surface area (TPSA) is 126 Å². The van der Waals surface area contributed by atoms with Gasteiger partial charge < -0.3 is 14.0 Å². The Morgan fingerprint density at radius 1 is 1.18 bits per heavy atom. The third-order valence-corrected chi connectivity index (χ3v) is 7.04. The molecule has 4 aromatic rings. The molecular weight excluding hydrogens is 460 g/mol. The maximum Gasteiger partial charge on any atom is 0.359 e. The number of sulfone groups is 1. The molecule has 0 N–H and O–H groups in total. The molecule has 0 saturated carbocycles. The summed E-state index contributed by atoms with van der Waals surface area (Å²) in [5, 5.41) is 8.39. The van der Waals surface area contributed by atoms with Crippen molar-refractivity contribution in [3.8, 4) is 28.4 Å². The van der Waals surface area contributed by atoms with Crippen molar-refractivity contribution in [1.82, 2.24) is 19.9 Å². The summed E-state index contributed by atoms with van der Waals surface area (Å²) in [6.07, 6.45) is 0. The molecule has 0 radical (unpaired) electrons. The minimum Gasteiger partial charge on any atom is -0.461 e. The van der Waals surface area contributed by atoms with Crippen LogP contribution in [0.1, 0.15) is 28.8 Å². The molecule has 0 saturated heterocycles. The van der Waals surface area contributed by atoms with Crippen LogP contribution in [0.25, 0.3) is 28.4 Å². The summed E-state index contributed by atoms with van der Waals surface area (Å²) in [4.78, 5) is 17.2. The zero-order valence-corrected chi connectivity index (χ0v) is 19.2. The predicted molar refractivity (Wildman–Crippen MR) is 120 cm³/mol. The quantitative estimate of drug-likeness (QED) is 0.382. The van der Waals surface area contributed by atoms with E-state index in [1.165, 1.54) is 7.11 Å². The van der Waals surface area contributed by atoms with Crippen LogP contribution < -0.4 is 0 Å². The molecule has 0 fully saturated rings. The van der Waals surface area contributed by atoms with Crippen LogP contribution in [0.3, 0.4) is 0 Å². The van der Waals surface area contributed by atoms with Crippen LogP contribution in [0, 0.1) is 0 Å². The first-order valence-corrected chi connectivity index (χ1v) is 12.1. The Kier molecular flexibility index (Phi) is 5.50. The maximum absolute atomic E-state index is 13.0. The van der Waals surface area contributed by atoms with Gasteiger partial charge in [0.15, 0.2) is 21.4 Å². The van der Waals surface area contributed by atoms with Gasteiger partial charge in [0.25, 0.3) is 5.89 Å². The Morgan fingerprint density at radius 2 is 2.00 bits per heavy atom. The molecular formula is C23H20N4O6S. The van der Waals surface area contributed by atoms with E-state index in [-0.39, 0.29) is 29.6 Å². The molecule has 11 heteroatoms. The Balaban J connectivity index is 1.70. The zero-order chi connectivity index (χ0) is 23.9. The van der Waals surface area contributed by atoms with E-state index in [0.717, 1.165) is 0 Å². The predicted octanol–water partition coefficient (Wildman–Crippen LogP) is 3.20. The van der Waals surface area contributed by atoms with Crippen LogP contribution in [0.15, 0.2) is 57.9 Å². The van der Waals surface area contributed by atoms with Crippen LogP contribution in [0.2, 0.25) is 0 Å². The first kappa shape index (κ1) is 22.0. The van der Waals surface area contributed by atoms with Crippen molar-refractivity contribution < 1.29 is 27.2 Å². The highest BCUT2D eigenvalue weighted by molar-refractivity contribution is 7.90. The van der Waals surface area contributed by atoms with Gasteiger partial charge in [-0.05, 0) is 31.2 Å². The third-order valence-electron chi connectivity index (χ3n) is 5.34. The number of hydrogen-bond acceptors (Lipinski definition) is 9. The Morgan fingerprint density at radius 3 is 2.79 bits per heavy atom. The number of carbonyl (C=O) groups excluding carboxylic acids is 1. The van der Waals surface area contributed by atoms with Crippen molar-refractivity contribution in [3.05, 3.63) is 65.6 Å². The van der Waals surface area contributed by atoms with E-state index in [9.17, 15) is 13.2 Å². The van der Waals surface area contributed by atoms with E-state index in [1.807, 2.05) is 0 Å². The number of carbonyl (C=O) groups is 1. The van der Waals surface area contributed by atoms with E-state index >= 15 is 0 Å². The number of methoxy groups -OCH3 is 1. The summed E-state index contributed by atoms with van der Waals surface area (Å²) in [6.45, 7) is 2.03. The van der Waals surface area contributed by atoms with E-state index in [0.29, 0.717) is 39.8 Å². The molecule has 10 nitrogen and oxygen atoms in total. The average molecular weight is 481 g/mol. The summed E-state index contributed by atoms with van der Waals surface area (Å²) < 4.78 is 43.1. The van der Waals surface area contributed by atoms with Crippen molar-refractivity contribution in [1.29, 1.82) is 0 Å². The molecule has 0 bridgehead atoms. The lowest BCUT2D eigenvalue weighted by atomic mass is 10.1. The second kappa shape index (κ2) is 8.50. The Labute approximate surface area is 195 Å². The average Bonchev–Trinajstić information content (AvgIpc) is 3.44. The summed E-state index contributed by atoms with van der Waals surface area (Å²) in [6, 6.07) is 13.8. The third kappa shape index (κ3) is 3.68. The lowest BCUT2D eigenvalue weighted by molar-refractivity contribution is 0.0518. The molecule has 3 heterocycles. The van der Waals surface area contributed by atoms with Crippen LogP contribution in [0.5, 0.6) is 0 Å². The monoisotopic (exact) mass is 480 g/mol. The van der Waals surface area contributed by atoms with Crippen molar-refractivity contribution in [2.75, 3.05) is 13.7 Å². The van der Waals surface area contributed by atoms with E-state index in [4.69, 9.17) is 14.0 Å². The Hall–Kier alpha value is -3.83. The second-order valence-electron chi connectivity index (χ2n) is 7.56. The van der Waals surface area contributed by atoms with Crippen LogP contribution in [-0.4, -0.2) is 48.0 Å². The summed E-state index contributed by atoms with van der Waals surface area (Å²) in [7, 11) is -2.12. The number of ether oxygens (including phenoxy) is 2. The summed E-state index contributed by atoms with van der Waals surface area (Å²) in [5.41, 5.74) is 2.49. The van der Waals surface area contributed by atoms with Gasteiger partial charge in [0.05, 0.1) is 28.6 Å². The first-order valence-electron chi connectivity index (χ1n) is 10.5. The van der Waals surface area contributed by atoms with Crippen LogP contribution in [-0.2, 0) is 31.7 Å². The fourth-order valence-electron chi connectivity index (χ4n) is 3.94. The lowest BCUT2D eigenvalue weighted by Crippen LogP contribution is -2.16. The maximum atomic E-state index is 13.0. The minimum absolute atomic E-state index is 0.0273. The normalized spacial score (nSPS) is 13.8. The fraction of sp³-hybridized carbons (Fsp3) is 0.217. The number of nitrogens with zero attached hydrogens (tertiary/aromatic N) is 4. The van der Waals surface area contributed by atoms with Gasteiger partial charge in [-0.3, -0.25) is 0 Å². The van der Waals surface area contributed by atoms with Crippen molar-refractivity contribution in [2.24, 2.45) is 0 Å². The van der Waals surface area contributed by atoms with Gasteiger partial charge in [-0.15, -0.1) is 0 Å². The number of fused-ring (bicyclic) bond motifs is 3. The number of esters is 1. The van der Waals surface area contributed by atoms with E-state index in [1.54, 1.807) is 60.1 Å². The smallest absolute Gasteiger partial charge is 0.359 e. The van der Waals surface area contributed by atoms with E-state index < -0.39 is 15.8 Å². The number of rotatable bonds is 6. The van der Waals surface area contributed by atoms with Crippen LogP contribution >= 0.6 is 0 Å². The summed E-state index contributed by atoms with van der Waals surface area (Å²) >= 11 is 0. The molecule has 2 aromatic carbocycles. The van der Waals surface area contributed by atoms with Crippen molar-refractivity contribution in [2.45, 2.75) is 24.2 Å². The molecule has 34 heavy (non-hydrogen) atoms. The molecule has 0 atom stereocenters. The van der Waals surface area contributed by atoms with Gasteiger partial charge >= 0.3 is 5.97 Å². The standard InChI is InChI=1S/C23H20N4O6S/c1-3-32-23(28)20-17-13-34(29,30)18-10-5-4-9-16(18)21(17)27(25-20)15-8-6-7-14(11-15)22-24-19(12-31-2)26-33-22/h4-11H,3,12-13H2,1-2H3. The SMILES string of the molecule is CCOC(=O)c1nn(-c2cccc(-c3nc(COC)no3)c2)c2c1CS(=O)(=O)c1ccccc1-2. The van der Waals surface area contributed by atoms with E-state index in [2.05, 4.69) is 15.2 Å². The lowest BCUT2D eigenvalue weighted by Gasteiger charge is -2.19. The van der Waals surface area contributed by atoms with Gasteiger partial charge in [-0.2, -0.15) is 10.1 Å². The molecule has 0 spiro atoms. The highest BCUT2D eigenvalue weighted by atomic mass is 32.2. The molecule has 5 rings (SSSR count). The van der Waals surface area contributed by atoms with Gasteiger partial charge in [-0.1, -0.05) is 29.4 Å². The van der Waals surface area contributed by atoms with Crippen molar-refractivity contribution in [3.63, 3.8) is 0 Å². The number of hydrogen-bond donors (Lipinski definition) is 0. The van der Waals surface area contributed by atoms with Crippen LogP contribution in [0.4, 0.5) is 0 Å². The Bertz CT molecular complexity index is 1510. The minimum atomic E-state index is -3.66. The van der Waals surface area contributed by atoms with Gasteiger partial charge in [0.2, 0.25) is 0 Å². The molecule has 174 valence electrons. The molecule has 0 amide bonds. The number of aromatic nitrogens is 4. The molecule has 1 aliphatic rings. The molecule has 2 aromatic heterocycles. The number of benzene rings is 2. The van der Waals surface area contributed by atoms with Gasteiger partial charge in [0.1, 0.15) is 6.61 Å². The molecule has 0 aliphatic carbocycles. The fourth-order valence-corrected chi connectivity index (χ4v) is 5.54. The van der Waals surface area contributed by atoms with Gasteiger partial charge in [0, 0.05) is 23.8 Å². The highest BCUT2D eigenvalue weighted by Crippen LogP contribution is 2.41. The second-order valence-corrected chi connectivity index (χ2v) is 9.52.